The molecule has 190 valence electrons. The molecule has 0 unspecified atom stereocenters. The van der Waals surface area contributed by atoms with Crippen molar-refractivity contribution in [2.45, 2.75) is 98.2 Å². The molecule has 1 aromatic rings. The molecular weight excluding hydrogens is 434 g/mol. The van der Waals surface area contributed by atoms with Crippen molar-refractivity contribution in [3.63, 3.8) is 0 Å². The van der Waals surface area contributed by atoms with Crippen LogP contribution >= 0.6 is 11.9 Å². The Balaban J connectivity index is 2.61. The Hall–Kier alpha value is -1.24. The van der Waals surface area contributed by atoms with E-state index in [1.807, 2.05) is 0 Å². The molecule has 0 aliphatic carbocycles. The molecule has 5 atom stereocenters. The van der Waals surface area contributed by atoms with Crippen LogP contribution in [-0.4, -0.2) is 29.8 Å². The summed E-state index contributed by atoms with van der Waals surface area (Å²) in [6.07, 6.45) is 8.24. The van der Waals surface area contributed by atoms with E-state index in [2.05, 4.69) is 46.3 Å². The molecule has 0 aromatic heterocycles. The van der Waals surface area contributed by atoms with Gasteiger partial charge < -0.3 is 14.6 Å². The van der Waals surface area contributed by atoms with Crippen LogP contribution in [0, 0.1) is 23.7 Å². The minimum atomic E-state index is -0.341. The van der Waals surface area contributed by atoms with E-state index in [9.17, 15) is 9.90 Å². The molecule has 0 aliphatic heterocycles. The van der Waals surface area contributed by atoms with Gasteiger partial charge in [0, 0.05) is 13.0 Å². The van der Waals surface area contributed by atoms with E-state index >= 15 is 0 Å². The average molecular weight is 482 g/mol. The third-order valence-electron chi connectivity index (χ3n) is 6.37. The second-order valence-electron chi connectivity index (χ2n) is 9.88. The van der Waals surface area contributed by atoms with Crippen LogP contribution in [-0.2, 0) is 9.47 Å². The molecule has 33 heavy (non-hydrogen) atoms. The van der Waals surface area contributed by atoms with Gasteiger partial charge in [-0.25, -0.2) is 0 Å². The minimum Gasteiger partial charge on any atom is -0.507 e. The van der Waals surface area contributed by atoms with Gasteiger partial charge in [-0.15, -0.1) is 0 Å². The SMILES string of the molecule is CC[C@H](C)CCC[C@H](C)CCC[C@H](C)[C@@H](O[C@H](OC)C(C)C)SNC(=O)c1ccccc1O. The predicted octanol–water partition coefficient (Wildman–Crippen LogP) is 7.40. The lowest BCUT2D eigenvalue weighted by Crippen LogP contribution is -2.33. The van der Waals surface area contributed by atoms with E-state index in [0.717, 1.165) is 24.7 Å². The first-order valence-electron chi connectivity index (χ1n) is 12.6. The third kappa shape index (κ3) is 11.6. The van der Waals surface area contributed by atoms with Gasteiger partial charge in [0.1, 0.15) is 11.2 Å². The van der Waals surface area contributed by atoms with E-state index in [0.29, 0.717) is 0 Å². The van der Waals surface area contributed by atoms with Crippen molar-refractivity contribution in [3.8, 4) is 5.75 Å². The molecule has 0 saturated carbocycles. The molecule has 0 spiro atoms. The second-order valence-corrected chi connectivity index (χ2v) is 10.8. The molecule has 6 heteroatoms. The lowest BCUT2D eigenvalue weighted by Gasteiger charge is -2.29. The molecule has 0 heterocycles. The van der Waals surface area contributed by atoms with Crippen LogP contribution in [0.25, 0.3) is 0 Å². The topological polar surface area (TPSA) is 67.8 Å². The number of rotatable bonds is 17. The largest absolute Gasteiger partial charge is 0.507 e. The van der Waals surface area contributed by atoms with Gasteiger partial charge in [0.2, 0.25) is 0 Å². The van der Waals surface area contributed by atoms with Crippen LogP contribution in [0.3, 0.4) is 0 Å². The summed E-state index contributed by atoms with van der Waals surface area (Å²) >= 11 is 1.27. The number of phenolic OH excluding ortho intramolecular Hbond substituents is 1. The highest BCUT2D eigenvalue weighted by atomic mass is 32.2. The lowest BCUT2D eigenvalue weighted by molar-refractivity contribution is -0.165. The summed E-state index contributed by atoms with van der Waals surface area (Å²) in [5.41, 5.74) is 0.0163. The summed E-state index contributed by atoms with van der Waals surface area (Å²) < 4.78 is 14.7. The Morgan fingerprint density at radius 3 is 2.18 bits per heavy atom. The first-order chi connectivity index (χ1) is 15.7. The quantitative estimate of drug-likeness (QED) is 0.179. The van der Waals surface area contributed by atoms with Crippen LogP contribution < -0.4 is 4.72 Å². The number of ether oxygens (including phenoxy) is 2. The average Bonchev–Trinajstić information content (AvgIpc) is 2.78. The molecule has 0 radical (unpaired) electrons. The Morgan fingerprint density at radius 2 is 1.61 bits per heavy atom. The molecule has 2 N–H and O–H groups in total. The van der Waals surface area contributed by atoms with Crippen molar-refractivity contribution in [2.75, 3.05) is 7.11 Å². The smallest absolute Gasteiger partial charge is 0.264 e. The van der Waals surface area contributed by atoms with Crippen molar-refractivity contribution >= 4 is 17.9 Å². The number of amides is 1. The van der Waals surface area contributed by atoms with Crippen molar-refractivity contribution in [1.82, 2.24) is 4.72 Å². The summed E-state index contributed by atoms with van der Waals surface area (Å²) in [5, 5.41) is 9.96. The summed E-state index contributed by atoms with van der Waals surface area (Å²) in [7, 11) is 1.65. The fourth-order valence-corrected chi connectivity index (χ4v) is 4.68. The number of hydrogen-bond donors (Lipinski definition) is 2. The maximum absolute atomic E-state index is 12.6. The van der Waals surface area contributed by atoms with Crippen LogP contribution in [0.4, 0.5) is 0 Å². The number of methoxy groups -OCH3 is 1. The van der Waals surface area contributed by atoms with Gasteiger partial charge in [-0.3, -0.25) is 9.52 Å². The van der Waals surface area contributed by atoms with Gasteiger partial charge >= 0.3 is 0 Å². The Bertz CT molecular complexity index is 669. The first kappa shape index (κ1) is 29.8. The summed E-state index contributed by atoms with van der Waals surface area (Å²) in [5.74, 6) is 1.65. The minimum absolute atomic E-state index is 0.0274. The number of carbonyl (C=O) groups excluding carboxylic acids is 1. The van der Waals surface area contributed by atoms with Gasteiger partial charge in [0.15, 0.2) is 6.29 Å². The third-order valence-corrected chi connectivity index (χ3v) is 7.48. The van der Waals surface area contributed by atoms with E-state index in [4.69, 9.17) is 9.47 Å². The summed E-state index contributed by atoms with van der Waals surface area (Å²) in [4.78, 5) is 12.6. The van der Waals surface area contributed by atoms with E-state index in [1.54, 1.807) is 25.3 Å². The molecule has 1 rings (SSSR count). The number of benzene rings is 1. The van der Waals surface area contributed by atoms with Gasteiger partial charge in [-0.2, -0.15) is 0 Å². The first-order valence-corrected chi connectivity index (χ1v) is 13.5. The zero-order valence-corrected chi connectivity index (χ0v) is 22.6. The van der Waals surface area contributed by atoms with Crippen LogP contribution in [0.1, 0.15) is 96.8 Å². The predicted molar refractivity (Wildman–Crippen MR) is 139 cm³/mol. The van der Waals surface area contributed by atoms with Crippen LogP contribution in [0.2, 0.25) is 0 Å². The van der Waals surface area contributed by atoms with E-state index < -0.39 is 0 Å². The number of nitrogens with one attached hydrogen (secondary N) is 1. The van der Waals surface area contributed by atoms with Crippen molar-refractivity contribution < 1.29 is 19.4 Å². The molecular formula is C27H47NO4S. The molecule has 1 aromatic carbocycles. The lowest BCUT2D eigenvalue weighted by atomic mass is 9.92. The Kier molecular flexibility index (Phi) is 14.8. The summed E-state index contributed by atoms with van der Waals surface area (Å²) in [6.45, 7) is 13.3. The van der Waals surface area contributed by atoms with Crippen LogP contribution in [0.15, 0.2) is 24.3 Å². The number of hydrogen-bond acceptors (Lipinski definition) is 5. The van der Waals surface area contributed by atoms with Crippen LogP contribution in [0.5, 0.6) is 5.75 Å². The standard InChI is InChI=1S/C27H47NO4S/c1-8-20(4)13-11-14-21(5)15-12-16-22(6)27(32-26(31-7)19(2)3)33-28-25(30)23-17-9-10-18-24(23)29/h9-10,17-22,26-27,29H,8,11-16H2,1-7H3,(H,28,30)/t20-,21-,22-,26-,27-/m0/s1. The molecule has 5 nitrogen and oxygen atoms in total. The van der Waals surface area contributed by atoms with E-state index in [-0.39, 0.29) is 40.8 Å². The highest BCUT2D eigenvalue weighted by Crippen LogP contribution is 2.29. The Morgan fingerprint density at radius 1 is 1.00 bits per heavy atom. The van der Waals surface area contributed by atoms with Gasteiger partial charge in [0.05, 0.1) is 5.56 Å². The zero-order chi connectivity index (χ0) is 24.8. The van der Waals surface area contributed by atoms with Gasteiger partial charge in [-0.05, 0) is 48.3 Å². The van der Waals surface area contributed by atoms with E-state index in [1.165, 1.54) is 50.1 Å². The second kappa shape index (κ2) is 16.4. The molecule has 0 bridgehead atoms. The van der Waals surface area contributed by atoms with Crippen molar-refractivity contribution in [3.05, 3.63) is 29.8 Å². The zero-order valence-electron chi connectivity index (χ0n) is 21.8. The fourth-order valence-electron chi connectivity index (χ4n) is 3.81. The number of carbonyl (C=O) groups is 1. The van der Waals surface area contributed by atoms with Gasteiger partial charge in [-0.1, -0.05) is 92.2 Å². The highest BCUT2D eigenvalue weighted by Gasteiger charge is 2.26. The number of phenols is 1. The highest BCUT2D eigenvalue weighted by molar-refractivity contribution is 7.98. The Labute approximate surface area is 206 Å². The van der Waals surface area contributed by atoms with Crippen molar-refractivity contribution in [1.29, 1.82) is 0 Å². The summed E-state index contributed by atoms with van der Waals surface area (Å²) in [6, 6.07) is 6.56. The molecule has 0 aliphatic rings. The maximum Gasteiger partial charge on any atom is 0.264 e. The number of aromatic hydroxyl groups is 1. The molecule has 0 fully saturated rings. The van der Waals surface area contributed by atoms with Gasteiger partial charge in [0.25, 0.3) is 5.91 Å². The molecule has 0 saturated heterocycles. The normalized spacial score (nSPS) is 16.2. The van der Waals surface area contributed by atoms with Crippen molar-refractivity contribution in [2.24, 2.45) is 23.7 Å². The monoisotopic (exact) mass is 481 g/mol. The number of para-hydroxylation sites is 1. The maximum atomic E-state index is 12.6. The fraction of sp³-hybridized carbons (Fsp3) is 0.741. The molecule has 1 amide bonds.